The average molecular weight is 518 g/mol. The van der Waals surface area contributed by atoms with Gasteiger partial charge in [-0.2, -0.15) is 0 Å². The predicted molar refractivity (Wildman–Crippen MR) is 172 cm³/mol. The van der Waals surface area contributed by atoms with E-state index >= 15 is 0 Å². The molecule has 0 atom stereocenters. The second-order valence-corrected chi connectivity index (χ2v) is 10.9. The van der Waals surface area contributed by atoms with Gasteiger partial charge < -0.3 is 0 Å². The summed E-state index contributed by atoms with van der Waals surface area (Å²) in [5, 5.41) is 0. The smallest absolute Gasteiger partial charge is 0.0717 e. The van der Waals surface area contributed by atoms with Crippen molar-refractivity contribution < 1.29 is 0 Å². The standard InChI is InChI=1S/C39H35N/c1-26-15-11-13-21-33(26)39-28(3)35-24-32-20-12-14-22-34(32)36(35)25-37(39)38(23-27(2)30-16-7-5-8-17-30)40-29(4)31-18-9-6-10-19-31/h5-10,12-14,16-23,25H,2,11,15,24H2,1,3-4H3/b38-23-,40-29+. The first-order valence-corrected chi connectivity index (χ1v) is 14.2. The Balaban J connectivity index is 1.64. The number of hydrogen-bond acceptors (Lipinski definition) is 1. The van der Waals surface area contributed by atoms with Gasteiger partial charge in [-0.05, 0) is 108 Å². The Morgan fingerprint density at radius 3 is 2.23 bits per heavy atom. The van der Waals surface area contributed by atoms with Gasteiger partial charge >= 0.3 is 0 Å². The summed E-state index contributed by atoms with van der Waals surface area (Å²) in [5.41, 5.74) is 17.2. The Labute approximate surface area is 238 Å². The minimum absolute atomic E-state index is 0.944. The molecule has 0 amide bonds. The first kappa shape index (κ1) is 25.8. The van der Waals surface area contributed by atoms with E-state index in [0.717, 1.165) is 47.4 Å². The zero-order valence-electron chi connectivity index (χ0n) is 23.7. The minimum Gasteiger partial charge on any atom is -0.252 e. The molecule has 0 aromatic heterocycles. The van der Waals surface area contributed by atoms with Gasteiger partial charge in [0.15, 0.2) is 0 Å². The lowest BCUT2D eigenvalue weighted by molar-refractivity contribution is 0.966. The average Bonchev–Trinajstić information content (AvgIpc) is 3.37. The third-order valence-electron chi connectivity index (χ3n) is 8.30. The summed E-state index contributed by atoms with van der Waals surface area (Å²) in [5.74, 6) is 0. The molecular weight excluding hydrogens is 482 g/mol. The Bertz CT molecular complexity index is 1730. The quantitative estimate of drug-likeness (QED) is 0.157. The topological polar surface area (TPSA) is 12.4 Å². The van der Waals surface area contributed by atoms with Gasteiger partial charge in [0.1, 0.15) is 0 Å². The van der Waals surface area contributed by atoms with Gasteiger partial charge in [0, 0.05) is 11.3 Å². The number of nitrogens with zero attached hydrogens (tertiary/aromatic N) is 1. The zero-order valence-corrected chi connectivity index (χ0v) is 23.7. The molecule has 0 saturated carbocycles. The van der Waals surface area contributed by atoms with Crippen LogP contribution < -0.4 is 0 Å². The normalized spacial score (nSPS) is 14.8. The molecule has 40 heavy (non-hydrogen) atoms. The van der Waals surface area contributed by atoms with E-state index in [2.05, 4.69) is 131 Å². The van der Waals surface area contributed by atoms with E-state index in [1.54, 1.807) is 0 Å². The Kier molecular flexibility index (Phi) is 7.05. The van der Waals surface area contributed by atoms with E-state index in [1.807, 2.05) is 6.07 Å². The van der Waals surface area contributed by atoms with Crippen LogP contribution in [0.1, 0.15) is 65.6 Å². The molecular formula is C39H35N. The van der Waals surface area contributed by atoms with Gasteiger partial charge in [-0.1, -0.05) is 109 Å². The Morgan fingerprint density at radius 1 is 0.825 bits per heavy atom. The molecule has 4 aromatic carbocycles. The third kappa shape index (κ3) is 4.84. The summed E-state index contributed by atoms with van der Waals surface area (Å²) in [6.45, 7) is 11.2. The van der Waals surface area contributed by atoms with Crippen LogP contribution in [-0.2, 0) is 6.42 Å². The van der Waals surface area contributed by atoms with Gasteiger partial charge in [0.2, 0.25) is 0 Å². The van der Waals surface area contributed by atoms with E-state index in [1.165, 1.54) is 50.1 Å². The molecule has 4 aromatic rings. The molecule has 0 N–H and O–H groups in total. The molecule has 6 rings (SSSR count). The van der Waals surface area contributed by atoms with Gasteiger partial charge in [0.05, 0.1) is 5.70 Å². The van der Waals surface area contributed by atoms with Gasteiger partial charge in [-0.3, -0.25) is 4.99 Å². The number of aliphatic imine (C=N–C) groups is 1. The molecule has 0 heterocycles. The van der Waals surface area contributed by atoms with Gasteiger partial charge in [-0.15, -0.1) is 0 Å². The lowest BCUT2D eigenvalue weighted by atomic mass is 9.83. The summed E-state index contributed by atoms with van der Waals surface area (Å²) in [6.07, 6.45) is 9.98. The van der Waals surface area contributed by atoms with Gasteiger partial charge in [-0.25, -0.2) is 0 Å². The fourth-order valence-electron chi connectivity index (χ4n) is 6.07. The third-order valence-corrected chi connectivity index (χ3v) is 8.30. The molecule has 196 valence electrons. The molecule has 0 saturated heterocycles. The highest BCUT2D eigenvalue weighted by Gasteiger charge is 2.26. The Hall–Kier alpha value is -4.49. The van der Waals surface area contributed by atoms with Crippen molar-refractivity contribution in [3.05, 3.63) is 160 Å². The molecule has 0 fully saturated rings. The summed E-state index contributed by atoms with van der Waals surface area (Å²) >= 11 is 0. The number of allylic oxidation sites excluding steroid dienone is 6. The van der Waals surface area contributed by atoms with Crippen LogP contribution in [0.15, 0.2) is 126 Å². The first-order valence-electron chi connectivity index (χ1n) is 14.2. The minimum atomic E-state index is 0.944. The second-order valence-electron chi connectivity index (χ2n) is 10.9. The zero-order chi connectivity index (χ0) is 27.6. The summed E-state index contributed by atoms with van der Waals surface area (Å²) < 4.78 is 0. The van der Waals surface area contributed by atoms with Crippen molar-refractivity contribution in [3.8, 4) is 11.1 Å². The maximum absolute atomic E-state index is 5.36. The molecule has 2 aliphatic rings. The molecule has 0 bridgehead atoms. The van der Waals surface area contributed by atoms with E-state index in [0.29, 0.717) is 0 Å². The fraction of sp³-hybridized carbons (Fsp3) is 0.154. The van der Waals surface area contributed by atoms with Crippen LogP contribution in [0.4, 0.5) is 0 Å². The maximum Gasteiger partial charge on any atom is 0.0717 e. The van der Waals surface area contributed by atoms with E-state index < -0.39 is 0 Å². The summed E-state index contributed by atoms with van der Waals surface area (Å²) in [6, 6.07) is 32.1. The van der Waals surface area contributed by atoms with Crippen LogP contribution in [0.3, 0.4) is 0 Å². The Morgan fingerprint density at radius 2 is 1.50 bits per heavy atom. The first-order chi connectivity index (χ1) is 19.5. The number of fused-ring (bicyclic) bond motifs is 3. The van der Waals surface area contributed by atoms with Gasteiger partial charge in [0.25, 0.3) is 0 Å². The molecule has 1 nitrogen and oxygen atoms in total. The van der Waals surface area contributed by atoms with Crippen molar-refractivity contribution in [1.29, 1.82) is 0 Å². The lowest BCUT2D eigenvalue weighted by Gasteiger charge is -2.22. The maximum atomic E-state index is 5.36. The molecule has 0 radical (unpaired) electrons. The van der Waals surface area contributed by atoms with Crippen molar-refractivity contribution in [2.24, 2.45) is 4.99 Å². The van der Waals surface area contributed by atoms with E-state index in [4.69, 9.17) is 4.99 Å². The largest absolute Gasteiger partial charge is 0.252 e. The van der Waals surface area contributed by atoms with Crippen molar-refractivity contribution in [1.82, 2.24) is 0 Å². The van der Waals surface area contributed by atoms with E-state index in [-0.39, 0.29) is 0 Å². The summed E-state index contributed by atoms with van der Waals surface area (Å²) in [7, 11) is 0. The van der Waals surface area contributed by atoms with Crippen molar-refractivity contribution in [2.45, 2.75) is 40.0 Å². The van der Waals surface area contributed by atoms with Crippen LogP contribution in [0, 0.1) is 6.92 Å². The van der Waals surface area contributed by atoms with E-state index in [9.17, 15) is 0 Å². The molecule has 0 aliphatic heterocycles. The number of rotatable bonds is 6. The predicted octanol–water partition coefficient (Wildman–Crippen LogP) is 10.3. The molecule has 1 heteroatoms. The highest BCUT2D eigenvalue weighted by molar-refractivity contribution is 6.04. The second kappa shape index (κ2) is 10.9. The molecule has 2 aliphatic carbocycles. The fourth-order valence-corrected chi connectivity index (χ4v) is 6.07. The number of hydrogen-bond donors (Lipinski definition) is 0. The monoisotopic (exact) mass is 517 g/mol. The highest BCUT2D eigenvalue weighted by Crippen LogP contribution is 2.45. The molecule has 0 unspecified atom stereocenters. The SMILES string of the molecule is C=C(/C=C(\N=C(/C)c1ccccc1)c1cc2c(c(C)c1C1=C(C)CCC=C1)Cc1ccccc1-2)c1ccccc1. The van der Waals surface area contributed by atoms with Crippen molar-refractivity contribution >= 4 is 22.6 Å². The van der Waals surface area contributed by atoms with Crippen molar-refractivity contribution in [3.63, 3.8) is 0 Å². The molecule has 0 spiro atoms. The van der Waals surface area contributed by atoms with Crippen LogP contribution in [-0.4, -0.2) is 5.71 Å². The highest BCUT2D eigenvalue weighted by atomic mass is 14.8. The lowest BCUT2D eigenvalue weighted by Crippen LogP contribution is -2.04. The summed E-state index contributed by atoms with van der Waals surface area (Å²) in [4.78, 5) is 5.36. The van der Waals surface area contributed by atoms with Crippen LogP contribution >= 0.6 is 0 Å². The van der Waals surface area contributed by atoms with Crippen molar-refractivity contribution in [2.75, 3.05) is 0 Å². The number of benzene rings is 4. The van der Waals surface area contributed by atoms with Crippen LogP contribution in [0.25, 0.3) is 28.0 Å². The van der Waals surface area contributed by atoms with Crippen LogP contribution in [0.5, 0.6) is 0 Å². The van der Waals surface area contributed by atoms with Crippen LogP contribution in [0.2, 0.25) is 0 Å².